The number of fused-ring (bicyclic) bond motifs is 1. The Labute approximate surface area is 364 Å². The summed E-state index contributed by atoms with van der Waals surface area (Å²) in [5, 5.41) is 17.4. The molecular weight excluding hydrogens is 799 g/mol. The zero-order chi connectivity index (χ0) is 44.2. The standard InChI is InChI=1S/C48H49N9O6/c1-28(2)41(54-47(60)62-3)45(58)56-20-8-11-39(56)43-50-26-38(53-43)36-19-18-34-22-33(16-17-35(34)23-36)30-12-14-31(15-13-30)37-25-51-44(52-37)40-21-29(24-49)27-57(40)46(59)42(55-48(61)63-4)32-9-6-5-7-10-32/h5-7,9-10,12-19,22-23,25-26,28-29,39-42H,8,11,20-21,27H2,1-4H3,(H,50,53)(H,51,52)(H,54,60)(H,55,61)/t29?,39-,40-,41?,42+/m0/s1. The monoisotopic (exact) mass is 847 g/mol. The first-order valence-corrected chi connectivity index (χ1v) is 21.0. The van der Waals surface area contributed by atoms with E-state index in [9.17, 15) is 24.4 Å². The van der Waals surface area contributed by atoms with Gasteiger partial charge < -0.3 is 39.9 Å². The molecule has 4 aromatic carbocycles. The average molecular weight is 848 g/mol. The summed E-state index contributed by atoms with van der Waals surface area (Å²) in [7, 11) is 2.53. The Bertz CT molecular complexity index is 2670. The molecule has 0 bridgehead atoms. The number of imidazole rings is 2. The molecule has 2 aliphatic heterocycles. The minimum atomic E-state index is -1.00. The van der Waals surface area contributed by atoms with Crippen LogP contribution in [-0.2, 0) is 19.1 Å². The number of aromatic amines is 2. The van der Waals surface area contributed by atoms with Gasteiger partial charge in [-0.25, -0.2) is 19.6 Å². The fourth-order valence-corrected chi connectivity index (χ4v) is 8.64. The fraction of sp³-hybridized carbons (Fsp3) is 0.312. The Kier molecular flexibility index (Phi) is 12.2. The highest BCUT2D eigenvalue weighted by atomic mass is 16.5. The van der Waals surface area contributed by atoms with Crippen LogP contribution in [0.5, 0.6) is 0 Å². The summed E-state index contributed by atoms with van der Waals surface area (Å²) in [5.74, 6) is 0.256. The predicted octanol–water partition coefficient (Wildman–Crippen LogP) is 7.84. The molecule has 15 nitrogen and oxygen atoms in total. The molecule has 322 valence electrons. The lowest BCUT2D eigenvalue weighted by Gasteiger charge is -2.30. The van der Waals surface area contributed by atoms with Gasteiger partial charge in [-0.15, -0.1) is 0 Å². The van der Waals surface area contributed by atoms with Gasteiger partial charge in [0.1, 0.15) is 23.7 Å². The number of likely N-dealkylation sites (tertiary alicyclic amines) is 2. The van der Waals surface area contributed by atoms with E-state index in [1.165, 1.54) is 14.2 Å². The average Bonchev–Trinajstić information content (AvgIpc) is 4.16. The lowest BCUT2D eigenvalue weighted by molar-refractivity contribution is -0.136. The molecule has 2 unspecified atom stereocenters. The maximum atomic E-state index is 14.1. The van der Waals surface area contributed by atoms with Crippen molar-refractivity contribution in [3.05, 3.63) is 121 Å². The third kappa shape index (κ3) is 8.83. The maximum Gasteiger partial charge on any atom is 0.407 e. The second-order valence-electron chi connectivity index (χ2n) is 16.3. The van der Waals surface area contributed by atoms with Crippen molar-refractivity contribution >= 4 is 34.8 Å². The van der Waals surface area contributed by atoms with Crippen LogP contribution in [0.3, 0.4) is 0 Å². The molecule has 4 N–H and O–H groups in total. The van der Waals surface area contributed by atoms with Gasteiger partial charge in [-0.1, -0.05) is 92.7 Å². The predicted molar refractivity (Wildman–Crippen MR) is 235 cm³/mol. The van der Waals surface area contributed by atoms with Crippen molar-refractivity contribution in [1.82, 2.24) is 40.4 Å². The molecule has 4 heterocycles. The molecule has 0 saturated carbocycles. The summed E-state index contributed by atoms with van der Waals surface area (Å²) in [6, 6.07) is 29.6. The number of hydrogen-bond donors (Lipinski definition) is 4. The second-order valence-corrected chi connectivity index (χ2v) is 16.3. The summed E-state index contributed by atoms with van der Waals surface area (Å²) >= 11 is 0. The van der Waals surface area contributed by atoms with Crippen LogP contribution in [-0.4, -0.2) is 87.1 Å². The Hall–Kier alpha value is -7.47. The lowest BCUT2D eigenvalue weighted by atomic mass is 9.98. The number of benzene rings is 4. The van der Waals surface area contributed by atoms with Crippen LogP contribution >= 0.6 is 0 Å². The van der Waals surface area contributed by atoms with E-state index in [-0.39, 0.29) is 30.3 Å². The van der Waals surface area contributed by atoms with E-state index in [1.54, 1.807) is 40.3 Å². The number of ether oxygens (including phenoxy) is 2. The van der Waals surface area contributed by atoms with Gasteiger partial charge in [0.15, 0.2) is 0 Å². The molecule has 2 fully saturated rings. The van der Waals surface area contributed by atoms with Gasteiger partial charge in [0.25, 0.3) is 5.91 Å². The van der Waals surface area contributed by atoms with E-state index < -0.39 is 36.2 Å². The van der Waals surface area contributed by atoms with E-state index in [0.717, 1.165) is 57.3 Å². The van der Waals surface area contributed by atoms with E-state index in [2.05, 4.69) is 80.2 Å². The lowest BCUT2D eigenvalue weighted by Crippen LogP contribution is -2.51. The second kappa shape index (κ2) is 18.3. The summed E-state index contributed by atoms with van der Waals surface area (Å²) in [6.07, 6.45) is 4.19. The zero-order valence-corrected chi connectivity index (χ0v) is 35.5. The van der Waals surface area contributed by atoms with Gasteiger partial charge in [-0.3, -0.25) is 9.59 Å². The minimum Gasteiger partial charge on any atom is -0.453 e. The maximum absolute atomic E-state index is 14.1. The van der Waals surface area contributed by atoms with Crippen LogP contribution in [0, 0.1) is 23.2 Å². The van der Waals surface area contributed by atoms with Crippen molar-refractivity contribution in [3.8, 4) is 39.7 Å². The number of aromatic nitrogens is 4. The highest BCUT2D eigenvalue weighted by Gasteiger charge is 2.42. The van der Waals surface area contributed by atoms with Crippen LogP contribution in [0.2, 0.25) is 0 Å². The van der Waals surface area contributed by atoms with Crippen LogP contribution < -0.4 is 10.6 Å². The van der Waals surface area contributed by atoms with Crippen molar-refractivity contribution in [1.29, 1.82) is 5.26 Å². The Balaban J connectivity index is 0.958. The van der Waals surface area contributed by atoms with Gasteiger partial charge >= 0.3 is 12.2 Å². The number of rotatable bonds is 11. The first kappa shape index (κ1) is 42.2. The summed E-state index contributed by atoms with van der Waals surface area (Å²) < 4.78 is 9.59. The quantitative estimate of drug-likeness (QED) is 0.100. The van der Waals surface area contributed by atoms with Crippen molar-refractivity contribution in [2.45, 2.75) is 57.3 Å². The Morgan fingerprint density at radius 3 is 1.97 bits per heavy atom. The van der Waals surface area contributed by atoms with Gasteiger partial charge in [-0.05, 0) is 70.3 Å². The zero-order valence-electron chi connectivity index (χ0n) is 35.5. The summed E-state index contributed by atoms with van der Waals surface area (Å²) in [5.41, 5.74) is 6.20. The number of nitriles is 1. The topological polar surface area (TPSA) is 198 Å². The van der Waals surface area contributed by atoms with Gasteiger partial charge in [-0.2, -0.15) is 5.26 Å². The van der Waals surface area contributed by atoms with Crippen molar-refractivity contribution in [2.75, 3.05) is 27.3 Å². The number of alkyl carbamates (subject to hydrolysis) is 2. The van der Waals surface area contributed by atoms with E-state index in [1.807, 2.05) is 38.2 Å². The molecule has 5 atom stereocenters. The molecule has 0 radical (unpaired) electrons. The van der Waals surface area contributed by atoms with E-state index >= 15 is 0 Å². The molecule has 0 aliphatic carbocycles. The first-order valence-electron chi connectivity index (χ1n) is 21.0. The molecule has 2 saturated heterocycles. The van der Waals surface area contributed by atoms with Crippen molar-refractivity contribution < 1.29 is 28.7 Å². The van der Waals surface area contributed by atoms with Crippen LogP contribution in [0.25, 0.3) is 44.4 Å². The largest absolute Gasteiger partial charge is 0.453 e. The van der Waals surface area contributed by atoms with E-state index in [0.29, 0.717) is 30.2 Å². The fourth-order valence-electron chi connectivity index (χ4n) is 8.64. The Morgan fingerprint density at radius 1 is 0.730 bits per heavy atom. The Morgan fingerprint density at radius 2 is 1.32 bits per heavy atom. The third-order valence-electron chi connectivity index (χ3n) is 12.0. The van der Waals surface area contributed by atoms with Crippen molar-refractivity contribution in [3.63, 3.8) is 0 Å². The number of H-pyrrole nitrogens is 2. The van der Waals surface area contributed by atoms with Gasteiger partial charge in [0, 0.05) is 18.7 Å². The number of nitrogens with one attached hydrogen (secondary N) is 4. The highest BCUT2D eigenvalue weighted by molar-refractivity contribution is 5.91. The van der Waals surface area contributed by atoms with E-state index in [4.69, 9.17) is 14.5 Å². The van der Waals surface area contributed by atoms with Crippen LogP contribution in [0.1, 0.15) is 68.4 Å². The molecule has 0 spiro atoms. The molecule has 6 aromatic rings. The smallest absolute Gasteiger partial charge is 0.407 e. The molecule has 8 rings (SSSR count). The van der Waals surface area contributed by atoms with Gasteiger partial charge in [0.2, 0.25) is 5.91 Å². The molecule has 15 heteroatoms. The van der Waals surface area contributed by atoms with Gasteiger partial charge in [0.05, 0.1) is 62.1 Å². The number of nitrogens with zero attached hydrogens (tertiary/aromatic N) is 5. The van der Waals surface area contributed by atoms with Crippen LogP contribution in [0.4, 0.5) is 9.59 Å². The van der Waals surface area contributed by atoms with Crippen molar-refractivity contribution in [2.24, 2.45) is 11.8 Å². The van der Waals surface area contributed by atoms with Crippen LogP contribution in [0.15, 0.2) is 103 Å². The number of methoxy groups -OCH3 is 2. The number of amides is 4. The normalized spacial score (nSPS) is 18.2. The molecule has 2 aromatic heterocycles. The first-order chi connectivity index (χ1) is 30.5. The SMILES string of the molecule is COC(=O)NC(C(=O)N1CCC[C@H]1c1ncc(-c2ccc3cc(-c4ccc(-c5cnc([C@@H]6CC(C#N)CN6C(=O)[C@H](NC(=O)OC)c6ccccc6)[nH]5)cc4)ccc3c2)[nH]1)C(C)C. The number of carbonyl (C=O) groups is 4. The third-order valence-corrected chi connectivity index (χ3v) is 12.0. The number of hydrogen-bond acceptors (Lipinski definition) is 9. The molecular formula is C48H49N9O6. The molecule has 4 amide bonds. The highest BCUT2D eigenvalue weighted by Crippen LogP contribution is 2.38. The summed E-state index contributed by atoms with van der Waals surface area (Å²) in [6.45, 7) is 4.58. The number of carbonyl (C=O) groups excluding carboxylic acids is 4. The summed E-state index contributed by atoms with van der Waals surface area (Å²) in [4.78, 5) is 71.6. The minimum absolute atomic E-state index is 0.117. The molecule has 2 aliphatic rings. The molecule has 63 heavy (non-hydrogen) atoms.